The Morgan fingerprint density at radius 1 is 0.760 bits per heavy atom. The molecule has 0 aliphatic carbocycles. The Balaban J connectivity index is 3.56. The normalized spacial score (nSPS) is 12.1. The van der Waals surface area contributed by atoms with Crippen molar-refractivity contribution in [3.63, 3.8) is 0 Å². The number of unbranched alkanes of at least 4 members (excludes halogenated alkanes) is 11. The smallest absolute Gasteiger partial charge is 0.106 e. The van der Waals surface area contributed by atoms with Crippen LogP contribution >= 0.6 is 0 Å². The quantitative estimate of drug-likeness (QED) is 0.151. The lowest BCUT2D eigenvalue weighted by Crippen LogP contribution is -2.24. The van der Waals surface area contributed by atoms with Crippen molar-refractivity contribution in [3.05, 3.63) is 24.5 Å². The van der Waals surface area contributed by atoms with Crippen LogP contribution in [0.1, 0.15) is 110 Å². The first kappa shape index (κ1) is 24.2. The highest BCUT2D eigenvalue weighted by atomic mass is 16.5. The molecular weight excluding hydrogens is 306 g/mol. The lowest BCUT2D eigenvalue weighted by atomic mass is 10.0. The third kappa shape index (κ3) is 16.5. The fraction of sp³-hybridized carbons (Fsp3) is 0.826. The number of hydrogen-bond donors (Lipinski definition) is 1. The molecule has 0 fully saturated rings. The van der Waals surface area contributed by atoms with E-state index in [0.29, 0.717) is 0 Å². The molecule has 0 rings (SSSR count). The molecule has 0 aliphatic rings. The van der Waals surface area contributed by atoms with Gasteiger partial charge in [0, 0.05) is 0 Å². The molecule has 0 spiro atoms. The second-order valence-electron chi connectivity index (χ2n) is 7.51. The SMILES string of the molecule is C=C(CCCCCCCCC)CC(N)C(=C)OCCCCCCCC. The Bertz CT molecular complexity index is 324. The Hall–Kier alpha value is -0.760. The van der Waals surface area contributed by atoms with Crippen LogP contribution in [0.25, 0.3) is 0 Å². The van der Waals surface area contributed by atoms with Crippen molar-refractivity contribution in [1.82, 2.24) is 0 Å². The van der Waals surface area contributed by atoms with E-state index in [1.54, 1.807) is 0 Å². The minimum Gasteiger partial charge on any atom is -0.497 e. The molecule has 0 bridgehead atoms. The first-order chi connectivity index (χ1) is 12.1. The molecule has 0 radical (unpaired) electrons. The fourth-order valence-electron chi connectivity index (χ4n) is 3.05. The van der Waals surface area contributed by atoms with Crippen molar-refractivity contribution in [2.24, 2.45) is 5.73 Å². The second-order valence-corrected chi connectivity index (χ2v) is 7.51. The van der Waals surface area contributed by atoms with Crippen LogP contribution in [0.4, 0.5) is 0 Å². The third-order valence-corrected chi connectivity index (χ3v) is 4.84. The van der Waals surface area contributed by atoms with Gasteiger partial charge in [0.25, 0.3) is 0 Å². The summed E-state index contributed by atoms with van der Waals surface area (Å²) in [6.45, 7) is 13.5. The molecule has 0 saturated heterocycles. The summed E-state index contributed by atoms with van der Waals surface area (Å²) in [5.74, 6) is 0.731. The standard InChI is InChI=1S/C23H45NO/c1-5-7-9-11-13-14-16-18-21(3)20-23(24)22(4)25-19-17-15-12-10-8-6-2/h23H,3-20,24H2,1-2H3. The van der Waals surface area contributed by atoms with Gasteiger partial charge in [0.05, 0.1) is 12.6 Å². The summed E-state index contributed by atoms with van der Waals surface area (Å²) in [7, 11) is 0. The van der Waals surface area contributed by atoms with Gasteiger partial charge in [-0.3, -0.25) is 0 Å². The molecule has 0 aromatic carbocycles. The van der Waals surface area contributed by atoms with Crippen molar-refractivity contribution < 1.29 is 4.74 Å². The Labute approximate surface area is 158 Å². The molecule has 1 atom stereocenters. The van der Waals surface area contributed by atoms with Crippen LogP contribution < -0.4 is 5.73 Å². The zero-order chi connectivity index (χ0) is 18.8. The average molecular weight is 352 g/mol. The second kappa shape index (κ2) is 18.0. The van der Waals surface area contributed by atoms with Gasteiger partial charge < -0.3 is 10.5 Å². The maximum atomic E-state index is 6.20. The van der Waals surface area contributed by atoms with Crippen LogP contribution in [-0.4, -0.2) is 12.6 Å². The molecule has 0 aromatic heterocycles. The molecule has 2 N–H and O–H groups in total. The molecule has 0 heterocycles. The zero-order valence-corrected chi connectivity index (χ0v) is 17.3. The molecule has 2 heteroatoms. The topological polar surface area (TPSA) is 35.2 Å². The predicted octanol–water partition coefficient (Wildman–Crippen LogP) is 7.29. The average Bonchev–Trinajstić information content (AvgIpc) is 2.59. The van der Waals surface area contributed by atoms with Gasteiger partial charge in [-0.05, 0) is 25.7 Å². The van der Waals surface area contributed by atoms with Gasteiger partial charge in [0.15, 0.2) is 0 Å². The molecule has 0 amide bonds. The third-order valence-electron chi connectivity index (χ3n) is 4.84. The fourth-order valence-corrected chi connectivity index (χ4v) is 3.05. The van der Waals surface area contributed by atoms with Gasteiger partial charge >= 0.3 is 0 Å². The van der Waals surface area contributed by atoms with Crippen LogP contribution in [0, 0.1) is 0 Å². The molecule has 0 aromatic rings. The summed E-state index contributed by atoms with van der Waals surface area (Å²) < 4.78 is 5.73. The van der Waals surface area contributed by atoms with Crippen molar-refractivity contribution in [1.29, 1.82) is 0 Å². The largest absolute Gasteiger partial charge is 0.497 e. The van der Waals surface area contributed by atoms with E-state index in [1.165, 1.54) is 82.6 Å². The van der Waals surface area contributed by atoms with Crippen LogP contribution in [0.2, 0.25) is 0 Å². The molecule has 148 valence electrons. The van der Waals surface area contributed by atoms with E-state index >= 15 is 0 Å². The number of hydrogen-bond acceptors (Lipinski definition) is 2. The van der Waals surface area contributed by atoms with E-state index in [1.807, 2.05) is 0 Å². The maximum absolute atomic E-state index is 6.20. The van der Waals surface area contributed by atoms with E-state index < -0.39 is 0 Å². The van der Waals surface area contributed by atoms with E-state index in [-0.39, 0.29) is 6.04 Å². The Morgan fingerprint density at radius 2 is 1.24 bits per heavy atom. The van der Waals surface area contributed by atoms with E-state index in [4.69, 9.17) is 10.5 Å². The minimum atomic E-state index is -0.0999. The van der Waals surface area contributed by atoms with Gasteiger partial charge in [-0.15, -0.1) is 0 Å². The van der Waals surface area contributed by atoms with Crippen LogP contribution in [0.3, 0.4) is 0 Å². The molecule has 25 heavy (non-hydrogen) atoms. The first-order valence-corrected chi connectivity index (χ1v) is 10.9. The summed E-state index contributed by atoms with van der Waals surface area (Å²) in [4.78, 5) is 0. The number of ether oxygens (including phenoxy) is 1. The molecule has 0 saturated carbocycles. The van der Waals surface area contributed by atoms with Crippen molar-refractivity contribution in [2.45, 2.75) is 116 Å². The van der Waals surface area contributed by atoms with E-state index in [2.05, 4.69) is 27.0 Å². The highest BCUT2D eigenvalue weighted by Crippen LogP contribution is 2.17. The highest BCUT2D eigenvalue weighted by molar-refractivity contribution is 5.05. The number of nitrogens with two attached hydrogens (primary N) is 1. The van der Waals surface area contributed by atoms with Crippen molar-refractivity contribution in [2.75, 3.05) is 6.61 Å². The number of rotatable bonds is 19. The van der Waals surface area contributed by atoms with Crippen molar-refractivity contribution in [3.8, 4) is 0 Å². The van der Waals surface area contributed by atoms with Crippen LogP contribution in [-0.2, 0) is 4.74 Å². The first-order valence-electron chi connectivity index (χ1n) is 10.9. The van der Waals surface area contributed by atoms with Gasteiger partial charge in [-0.25, -0.2) is 0 Å². The summed E-state index contributed by atoms with van der Waals surface area (Å²) >= 11 is 0. The molecule has 2 nitrogen and oxygen atoms in total. The summed E-state index contributed by atoms with van der Waals surface area (Å²) in [6.07, 6.45) is 18.9. The van der Waals surface area contributed by atoms with Gasteiger partial charge in [0.2, 0.25) is 0 Å². The minimum absolute atomic E-state index is 0.0999. The van der Waals surface area contributed by atoms with Crippen LogP contribution in [0.5, 0.6) is 0 Å². The van der Waals surface area contributed by atoms with E-state index in [0.717, 1.165) is 31.6 Å². The molecular formula is C23H45NO. The van der Waals surface area contributed by atoms with Crippen LogP contribution in [0.15, 0.2) is 24.5 Å². The van der Waals surface area contributed by atoms with Gasteiger partial charge in [-0.1, -0.05) is 103 Å². The zero-order valence-electron chi connectivity index (χ0n) is 17.3. The summed E-state index contributed by atoms with van der Waals surface area (Å²) in [5, 5.41) is 0. The van der Waals surface area contributed by atoms with Gasteiger partial charge in [-0.2, -0.15) is 0 Å². The Morgan fingerprint density at radius 3 is 1.80 bits per heavy atom. The Kier molecular flexibility index (Phi) is 17.5. The monoisotopic (exact) mass is 351 g/mol. The van der Waals surface area contributed by atoms with Crippen molar-refractivity contribution >= 4 is 0 Å². The summed E-state index contributed by atoms with van der Waals surface area (Å²) in [6, 6.07) is -0.0999. The lowest BCUT2D eigenvalue weighted by molar-refractivity contribution is 0.188. The molecule has 0 aliphatic heterocycles. The highest BCUT2D eigenvalue weighted by Gasteiger charge is 2.10. The molecule has 1 unspecified atom stereocenters. The van der Waals surface area contributed by atoms with E-state index in [9.17, 15) is 0 Å². The maximum Gasteiger partial charge on any atom is 0.106 e. The summed E-state index contributed by atoms with van der Waals surface area (Å²) in [5.41, 5.74) is 7.44. The predicted molar refractivity (Wildman–Crippen MR) is 113 cm³/mol. The van der Waals surface area contributed by atoms with Gasteiger partial charge in [0.1, 0.15) is 5.76 Å². The lowest BCUT2D eigenvalue weighted by Gasteiger charge is -2.17.